The second-order valence-corrected chi connectivity index (χ2v) is 23.2. The molecular formula is C60H70Cl4N2O13. The average molecular weight is 1170 g/mol. The fraction of sp³-hybridized carbons (Fsp3) is 0.450. The van der Waals surface area contributed by atoms with Gasteiger partial charge in [0, 0.05) is 37.8 Å². The molecule has 0 saturated carbocycles. The number of hydrogen-bond acceptors (Lipinski definition) is 13. The Morgan fingerprint density at radius 2 is 1.51 bits per heavy atom. The van der Waals surface area contributed by atoms with Crippen LogP contribution in [0, 0.1) is 17.8 Å². The van der Waals surface area contributed by atoms with Crippen molar-refractivity contribution in [2.24, 2.45) is 17.8 Å². The molecule has 0 bridgehead atoms. The third-order valence-corrected chi connectivity index (χ3v) is 14.0. The first-order valence-electron chi connectivity index (χ1n) is 26.3. The van der Waals surface area contributed by atoms with Crippen LogP contribution < -0.4 is 15.4 Å². The Hall–Kier alpha value is -5.65. The highest BCUT2D eigenvalue weighted by Crippen LogP contribution is 2.45. The molecule has 1 saturated heterocycles. The van der Waals surface area contributed by atoms with Gasteiger partial charge in [0.15, 0.2) is 11.9 Å². The second kappa shape index (κ2) is 29.7. The zero-order valence-corrected chi connectivity index (χ0v) is 48.3. The van der Waals surface area contributed by atoms with E-state index in [2.05, 4.69) is 17.2 Å². The molecule has 1 aliphatic heterocycles. The third-order valence-electron chi connectivity index (χ3n) is 13.4. The fourth-order valence-corrected chi connectivity index (χ4v) is 9.99. The van der Waals surface area contributed by atoms with Crippen molar-refractivity contribution >= 4 is 76.3 Å². The van der Waals surface area contributed by atoms with Gasteiger partial charge in [-0.25, -0.2) is 14.4 Å². The van der Waals surface area contributed by atoms with Crippen molar-refractivity contribution in [1.29, 1.82) is 0 Å². The molecule has 0 unspecified atom stereocenters. The fourth-order valence-electron chi connectivity index (χ4n) is 9.54. The monoisotopic (exact) mass is 1170 g/mol. The quantitative estimate of drug-likeness (QED) is 0.0137. The Kier molecular flexibility index (Phi) is 23.5. The first kappa shape index (κ1) is 62.5. The van der Waals surface area contributed by atoms with Crippen LogP contribution in [-0.4, -0.2) is 104 Å². The van der Waals surface area contributed by atoms with Gasteiger partial charge in [-0.15, -0.1) is 6.58 Å². The van der Waals surface area contributed by atoms with E-state index in [0.29, 0.717) is 30.9 Å². The molecule has 1 aliphatic carbocycles. The van der Waals surface area contributed by atoms with E-state index < -0.39 is 88.4 Å². The molecule has 2 N–H and O–H groups in total. The summed E-state index contributed by atoms with van der Waals surface area (Å²) in [6, 6.07) is 29.1. The Morgan fingerprint density at radius 1 is 0.835 bits per heavy atom. The summed E-state index contributed by atoms with van der Waals surface area (Å²) in [7, 11) is 1.46. The van der Waals surface area contributed by atoms with Gasteiger partial charge >= 0.3 is 24.0 Å². The summed E-state index contributed by atoms with van der Waals surface area (Å²) in [5.74, 6) is -5.60. The number of benzene rings is 4. The lowest BCUT2D eigenvalue weighted by Gasteiger charge is -2.31. The number of rotatable bonds is 28. The number of nitrogens with one attached hydrogen (secondary N) is 2. The highest BCUT2D eigenvalue weighted by Gasteiger charge is 2.47. The Bertz CT molecular complexity index is 2690. The molecule has 2 amide bonds. The van der Waals surface area contributed by atoms with Crippen LogP contribution in [0.1, 0.15) is 94.6 Å². The molecule has 6 rings (SSSR count). The number of methoxy groups -OCH3 is 1. The van der Waals surface area contributed by atoms with E-state index in [1.807, 2.05) is 99.6 Å². The van der Waals surface area contributed by atoms with Crippen LogP contribution in [-0.2, 0) is 58.8 Å². The summed E-state index contributed by atoms with van der Waals surface area (Å²) in [6.07, 6.45) is 0.624. The van der Waals surface area contributed by atoms with Gasteiger partial charge in [-0.2, -0.15) is 0 Å². The van der Waals surface area contributed by atoms with Crippen molar-refractivity contribution in [2.75, 3.05) is 40.1 Å². The number of carbonyl (C=O) groups excluding carboxylic acids is 5. The minimum atomic E-state index is -1.92. The van der Waals surface area contributed by atoms with Gasteiger partial charge in [0.25, 0.3) is 0 Å². The lowest BCUT2D eigenvalue weighted by atomic mass is 9.89. The Morgan fingerprint density at radius 3 is 2.14 bits per heavy atom. The van der Waals surface area contributed by atoms with E-state index >= 15 is 0 Å². The van der Waals surface area contributed by atoms with E-state index in [1.165, 1.54) is 19.3 Å². The molecule has 1 fully saturated rings. The molecule has 79 heavy (non-hydrogen) atoms. The van der Waals surface area contributed by atoms with Crippen molar-refractivity contribution in [3.05, 3.63) is 149 Å². The predicted octanol–water partition coefficient (Wildman–Crippen LogP) is 11.8. The maximum atomic E-state index is 14.6. The number of ether oxygens (including phenoxy) is 8. The largest absolute Gasteiger partial charge is 0.495 e. The average Bonchev–Trinajstić information content (AvgIpc) is 4.08. The minimum absolute atomic E-state index is 0.0433. The van der Waals surface area contributed by atoms with Gasteiger partial charge in [-0.3, -0.25) is 9.59 Å². The van der Waals surface area contributed by atoms with E-state index in [0.717, 1.165) is 27.8 Å². The summed E-state index contributed by atoms with van der Waals surface area (Å²) >= 11 is 24.0. The summed E-state index contributed by atoms with van der Waals surface area (Å²) in [6.45, 7) is 12.8. The zero-order valence-electron chi connectivity index (χ0n) is 45.3. The molecule has 4 aromatic carbocycles. The number of alkyl halides is 3. The highest BCUT2D eigenvalue weighted by atomic mass is 35.6. The number of halogens is 4. The van der Waals surface area contributed by atoms with Crippen LogP contribution in [0.3, 0.4) is 0 Å². The number of esters is 3. The van der Waals surface area contributed by atoms with Crippen molar-refractivity contribution in [3.63, 3.8) is 0 Å². The number of alkyl carbamates (subject to hydrolysis) is 1. The van der Waals surface area contributed by atoms with Crippen molar-refractivity contribution in [1.82, 2.24) is 10.6 Å². The molecule has 0 spiro atoms. The van der Waals surface area contributed by atoms with Crippen LogP contribution >= 0.6 is 46.4 Å². The summed E-state index contributed by atoms with van der Waals surface area (Å²) in [4.78, 5) is 69.4. The lowest BCUT2D eigenvalue weighted by Crippen LogP contribution is -2.43. The maximum absolute atomic E-state index is 14.6. The molecular weight excluding hydrogens is 1100 g/mol. The Labute approximate surface area is 482 Å². The molecule has 15 nitrogen and oxygen atoms in total. The molecule has 4 aromatic rings. The number of carbonyl (C=O) groups is 5. The molecule has 2 aliphatic rings. The van der Waals surface area contributed by atoms with Gasteiger partial charge in [0.2, 0.25) is 9.70 Å². The van der Waals surface area contributed by atoms with Crippen LogP contribution in [0.15, 0.2) is 122 Å². The first-order valence-corrected chi connectivity index (χ1v) is 27.8. The minimum Gasteiger partial charge on any atom is -0.495 e. The number of amides is 2. The summed E-state index contributed by atoms with van der Waals surface area (Å²) in [5, 5.41) is 5.71. The van der Waals surface area contributed by atoms with Gasteiger partial charge in [0.1, 0.15) is 37.2 Å². The van der Waals surface area contributed by atoms with Crippen LogP contribution in [0.2, 0.25) is 5.02 Å². The molecule has 426 valence electrons. The molecule has 7 atom stereocenters. The molecule has 1 heterocycles. The molecule has 0 aromatic heterocycles. The van der Waals surface area contributed by atoms with E-state index in [-0.39, 0.29) is 55.7 Å². The van der Waals surface area contributed by atoms with Crippen LogP contribution in [0.25, 0.3) is 11.1 Å². The summed E-state index contributed by atoms with van der Waals surface area (Å²) in [5.41, 5.74) is 5.67. The van der Waals surface area contributed by atoms with Gasteiger partial charge in [-0.05, 0) is 90.6 Å². The third kappa shape index (κ3) is 18.7. The van der Waals surface area contributed by atoms with Gasteiger partial charge < -0.3 is 48.5 Å². The second-order valence-electron chi connectivity index (χ2n) is 20.3. The summed E-state index contributed by atoms with van der Waals surface area (Å²) < 4.78 is 45.4. The number of hydrogen-bond donors (Lipinski definition) is 2. The predicted molar refractivity (Wildman–Crippen MR) is 303 cm³/mol. The Balaban J connectivity index is 1.20. The lowest BCUT2D eigenvalue weighted by molar-refractivity contribution is -0.180. The van der Waals surface area contributed by atoms with E-state index in [9.17, 15) is 24.0 Å². The van der Waals surface area contributed by atoms with Gasteiger partial charge in [-0.1, -0.05) is 164 Å². The van der Waals surface area contributed by atoms with Crippen LogP contribution in [0.5, 0.6) is 5.75 Å². The topological polar surface area (TPSA) is 183 Å². The zero-order chi connectivity index (χ0) is 57.3. The molecule has 0 radical (unpaired) electrons. The smallest absolute Gasteiger partial charge is 0.407 e. The van der Waals surface area contributed by atoms with Crippen LogP contribution in [0.4, 0.5) is 4.79 Å². The normalized spacial score (nSPS) is 17.6. The maximum Gasteiger partial charge on any atom is 0.407 e. The first-order chi connectivity index (χ1) is 37.7. The van der Waals surface area contributed by atoms with Crippen molar-refractivity contribution in [3.8, 4) is 16.9 Å². The molecule has 19 heteroatoms. The highest BCUT2D eigenvalue weighted by molar-refractivity contribution is 6.67. The van der Waals surface area contributed by atoms with Crippen molar-refractivity contribution in [2.45, 2.75) is 113 Å². The van der Waals surface area contributed by atoms with E-state index in [1.54, 1.807) is 38.1 Å². The number of fused-ring (bicyclic) bond motifs is 3. The standard InChI is InChI=1S/C60H70Cl4N2O13/c1-8-29-73-30-17-20-41(34-65-58(71)74-35-46-44-23-14-12-21-42(44)43-22-13-15-24-45(43)46)55(68)77-51(31-37(2)3)57(70)76-49(38(4)53-54(79-59(5,6)78-53)40-18-10-9-11-19-40)25-16-26-52(67)66-48(56(69)75-36-60(62,63)64)33-39-27-28-50(72-7)47(61)32-39/h8-16,18-19,21-24,26-28,32,37-38,41,46,48-49,51,53-54H,1,17,20,25,29-31,33-36H2,2-7H3,(H,65,71)(H,66,67)/b26-16+/t38-,41-,48+,49-,51-,53+,54+/m0/s1. The SMILES string of the molecule is C=CCOCCC[C@@H](CNC(=O)OCC1c2ccccc2-c2ccccc21)C(=O)O[C@@H](CC(C)C)C(=O)O[C@@H](C/C=C/C(=O)N[C@H](Cc1ccc(OC)c(Cl)c1)C(=O)OCC(Cl)(Cl)Cl)[C@H](C)[C@H]1OC(C)(C)O[C@@H]1c1ccccc1. The van der Waals surface area contributed by atoms with Gasteiger partial charge in [0.05, 0.1) is 30.8 Å². The van der Waals surface area contributed by atoms with Crippen molar-refractivity contribution < 1.29 is 61.9 Å². The van der Waals surface area contributed by atoms with E-state index in [4.69, 9.17) is 84.3 Å².